The van der Waals surface area contributed by atoms with E-state index >= 15 is 0 Å². The molecular weight excluding hydrogens is 319 g/mol. The van der Waals surface area contributed by atoms with Crippen LogP contribution in [0.1, 0.15) is 43.2 Å². The van der Waals surface area contributed by atoms with E-state index in [-0.39, 0.29) is 23.8 Å². The molecule has 1 aliphatic carbocycles. The molecule has 0 bridgehead atoms. The number of amides is 1. The number of carbonyl (C=O) groups is 1. The summed E-state index contributed by atoms with van der Waals surface area (Å²) in [4.78, 5) is 14.3. The van der Waals surface area contributed by atoms with E-state index in [2.05, 4.69) is 0 Å². The van der Waals surface area contributed by atoms with Gasteiger partial charge in [0.15, 0.2) is 0 Å². The molecule has 3 rings (SSSR count). The number of piperidine rings is 1. The van der Waals surface area contributed by atoms with E-state index in [9.17, 15) is 23.1 Å². The maximum absolute atomic E-state index is 12.6. The predicted octanol–water partition coefficient (Wildman–Crippen LogP) is 3.40. The van der Waals surface area contributed by atoms with Crippen LogP contribution in [-0.2, 0) is 17.4 Å². The number of carbonyl (C=O) groups excluding carboxylic acids is 1. The minimum absolute atomic E-state index is 0.0760. The number of nitrogens with zero attached hydrogens (tertiary/aromatic N) is 1. The molecule has 1 amide bonds. The molecule has 0 unspecified atom stereocenters. The highest BCUT2D eigenvalue weighted by Crippen LogP contribution is 2.45. The number of benzene rings is 1. The number of aliphatic hydroxyl groups excluding tert-OH is 1. The number of aliphatic hydroxyl groups is 1. The fraction of sp³-hybridized carbons (Fsp3) is 0.611. The summed E-state index contributed by atoms with van der Waals surface area (Å²) in [6.07, 6.45) is -0.0702. The van der Waals surface area contributed by atoms with Crippen molar-refractivity contribution < 1.29 is 23.1 Å². The summed E-state index contributed by atoms with van der Waals surface area (Å²) >= 11 is 0. The second-order valence-corrected chi connectivity index (χ2v) is 7.06. The van der Waals surface area contributed by atoms with Gasteiger partial charge in [0.2, 0.25) is 5.91 Å². The predicted molar refractivity (Wildman–Crippen MR) is 83.3 cm³/mol. The molecule has 2 fully saturated rings. The lowest BCUT2D eigenvalue weighted by Gasteiger charge is -2.42. The highest BCUT2D eigenvalue weighted by molar-refractivity contribution is 5.79. The maximum Gasteiger partial charge on any atom is 0.416 e. The Kier molecular flexibility index (Phi) is 4.60. The van der Waals surface area contributed by atoms with Gasteiger partial charge in [-0.05, 0) is 43.4 Å². The average molecular weight is 341 g/mol. The zero-order chi connectivity index (χ0) is 17.4. The molecule has 1 saturated carbocycles. The lowest BCUT2D eigenvalue weighted by Crippen LogP contribution is -2.49. The Morgan fingerprint density at radius 1 is 1.21 bits per heavy atom. The van der Waals surface area contributed by atoms with E-state index < -0.39 is 11.7 Å². The summed E-state index contributed by atoms with van der Waals surface area (Å²) in [5.74, 6) is -0.0760. The van der Waals surface area contributed by atoms with E-state index in [0.29, 0.717) is 18.7 Å². The number of likely N-dealkylation sites (tertiary alicyclic amines) is 1. The molecular formula is C18H22F3NO2. The minimum Gasteiger partial charge on any atom is -0.392 e. The standard InChI is InChI=1S/C18H22F3NO2/c19-18(20,21)14-6-4-13(5-7-14)11-16(24)22-10-2-9-17(12-22)8-1-3-15(17)23/h4-7,15,23H,1-3,8-12H2/t15-,17+/m1/s1. The molecule has 132 valence electrons. The molecule has 3 nitrogen and oxygen atoms in total. The molecule has 0 aromatic heterocycles. The second-order valence-electron chi connectivity index (χ2n) is 7.06. The van der Waals surface area contributed by atoms with Crippen LogP contribution in [0.2, 0.25) is 0 Å². The smallest absolute Gasteiger partial charge is 0.392 e. The Morgan fingerprint density at radius 2 is 1.88 bits per heavy atom. The number of alkyl halides is 3. The SMILES string of the molecule is O=C(Cc1ccc(C(F)(F)F)cc1)N1CCC[C@@]2(CCC[C@H]2O)C1. The van der Waals surface area contributed by atoms with Crippen LogP contribution in [-0.4, -0.2) is 35.1 Å². The third-order valence-electron chi connectivity index (χ3n) is 5.46. The van der Waals surface area contributed by atoms with Gasteiger partial charge in [-0.15, -0.1) is 0 Å². The third kappa shape index (κ3) is 3.43. The van der Waals surface area contributed by atoms with Crippen LogP contribution in [0, 0.1) is 5.41 Å². The molecule has 2 aliphatic rings. The zero-order valence-electron chi connectivity index (χ0n) is 13.5. The average Bonchev–Trinajstić information content (AvgIpc) is 2.87. The van der Waals surface area contributed by atoms with Gasteiger partial charge in [0, 0.05) is 18.5 Å². The van der Waals surface area contributed by atoms with Gasteiger partial charge in [0.25, 0.3) is 0 Å². The second kappa shape index (κ2) is 6.39. The molecule has 1 saturated heterocycles. The van der Waals surface area contributed by atoms with E-state index in [1.807, 2.05) is 0 Å². The summed E-state index contributed by atoms with van der Waals surface area (Å²) in [6, 6.07) is 4.76. The van der Waals surface area contributed by atoms with Crippen molar-refractivity contribution in [3.8, 4) is 0 Å². The van der Waals surface area contributed by atoms with Crippen molar-refractivity contribution in [2.45, 2.75) is 50.8 Å². The van der Waals surface area contributed by atoms with Crippen molar-refractivity contribution in [2.75, 3.05) is 13.1 Å². The number of hydrogen-bond acceptors (Lipinski definition) is 2. The van der Waals surface area contributed by atoms with Crippen LogP contribution >= 0.6 is 0 Å². The zero-order valence-corrected chi connectivity index (χ0v) is 13.5. The molecule has 24 heavy (non-hydrogen) atoms. The summed E-state index contributed by atoms with van der Waals surface area (Å²) in [7, 11) is 0. The van der Waals surface area contributed by atoms with Crippen LogP contribution in [0.15, 0.2) is 24.3 Å². The first-order valence-corrected chi connectivity index (χ1v) is 8.42. The van der Waals surface area contributed by atoms with Crippen molar-refractivity contribution in [2.24, 2.45) is 5.41 Å². The Balaban J connectivity index is 1.64. The lowest BCUT2D eigenvalue weighted by atomic mass is 9.76. The summed E-state index contributed by atoms with van der Waals surface area (Å²) in [5.41, 5.74) is -0.294. The Labute approximate surface area is 139 Å². The Hall–Kier alpha value is -1.56. The van der Waals surface area contributed by atoms with E-state index in [0.717, 1.165) is 44.2 Å². The van der Waals surface area contributed by atoms with Gasteiger partial charge >= 0.3 is 6.18 Å². The van der Waals surface area contributed by atoms with E-state index in [4.69, 9.17) is 0 Å². The largest absolute Gasteiger partial charge is 0.416 e. The number of hydrogen-bond donors (Lipinski definition) is 1. The lowest BCUT2D eigenvalue weighted by molar-refractivity contribution is -0.137. The molecule has 1 aromatic rings. The molecule has 0 radical (unpaired) electrons. The van der Waals surface area contributed by atoms with Crippen LogP contribution < -0.4 is 0 Å². The molecule has 1 aliphatic heterocycles. The highest BCUT2D eigenvalue weighted by atomic mass is 19.4. The van der Waals surface area contributed by atoms with Gasteiger partial charge in [0.05, 0.1) is 18.1 Å². The van der Waals surface area contributed by atoms with Crippen molar-refractivity contribution in [1.82, 2.24) is 4.90 Å². The van der Waals surface area contributed by atoms with Gasteiger partial charge in [-0.2, -0.15) is 13.2 Å². The maximum atomic E-state index is 12.6. The van der Waals surface area contributed by atoms with E-state index in [1.54, 1.807) is 4.90 Å². The highest BCUT2D eigenvalue weighted by Gasteiger charge is 2.45. The molecule has 1 aromatic carbocycles. The van der Waals surface area contributed by atoms with Crippen molar-refractivity contribution in [3.63, 3.8) is 0 Å². The molecule has 6 heteroatoms. The first-order valence-electron chi connectivity index (χ1n) is 8.42. The number of rotatable bonds is 2. The first-order chi connectivity index (χ1) is 11.3. The van der Waals surface area contributed by atoms with Gasteiger partial charge in [-0.1, -0.05) is 18.6 Å². The minimum atomic E-state index is -4.36. The molecule has 1 N–H and O–H groups in total. The van der Waals surface area contributed by atoms with Crippen molar-refractivity contribution >= 4 is 5.91 Å². The monoisotopic (exact) mass is 341 g/mol. The normalized spacial score (nSPS) is 27.7. The molecule has 2 atom stereocenters. The quantitative estimate of drug-likeness (QED) is 0.896. The molecule has 1 heterocycles. The number of halogens is 3. The van der Waals surface area contributed by atoms with Crippen LogP contribution in [0.3, 0.4) is 0 Å². The van der Waals surface area contributed by atoms with Crippen molar-refractivity contribution in [1.29, 1.82) is 0 Å². The Morgan fingerprint density at radius 3 is 2.46 bits per heavy atom. The van der Waals surface area contributed by atoms with Gasteiger partial charge in [0.1, 0.15) is 0 Å². The van der Waals surface area contributed by atoms with E-state index in [1.165, 1.54) is 12.1 Å². The molecule has 1 spiro atoms. The summed E-state index contributed by atoms with van der Waals surface area (Å²) in [6.45, 7) is 1.22. The van der Waals surface area contributed by atoms with Gasteiger partial charge < -0.3 is 10.0 Å². The fourth-order valence-corrected chi connectivity index (χ4v) is 4.07. The summed E-state index contributed by atoms with van der Waals surface area (Å²) in [5, 5.41) is 10.3. The van der Waals surface area contributed by atoms with Gasteiger partial charge in [-0.3, -0.25) is 4.79 Å². The van der Waals surface area contributed by atoms with Gasteiger partial charge in [-0.25, -0.2) is 0 Å². The van der Waals surface area contributed by atoms with Crippen LogP contribution in [0.4, 0.5) is 13.2 Å². The van der Waals surface area contributed by atoms with Crippen LogP contribution in [0.5, 0.6) is 0 Å². The summed E-state index contributed by atoms with van der Waals surface area (Å²) < 4.78 is 37.7. The Bertz CT molecular complexity index is 599. The third-order valence-corrected chi connectivity index (χ3v) is 5.46. The topological polar surface area (TPSA) is 40.5 Å². The first kappa shape index (κ1) is 17.3. The van der Waals surface area contributed by atoms with Crippen molar-refractivity contribution in [3.05, 3.63) is 35.4 Å². The van der Waals surface area contributed by atoms with Crippen LogP contribution in [0.25, 0.3) is 0 Å². The fourth-order valence-electron chi connectivity index (χ4n) is 4.07.